The molecule has 0 bridgehead atoms. The van der Waals surface area contributed by atoms with Crippen LogP contribution in [0.3, 0.4) is 0 Å². The highest BCUT2D eigenvalue weighted by Gasteiger charge is 2.45. The third-order valence-corrected chi connectivity index (χ3v) is 3.72. The highest BCUT2D eigenvalue weighted by atomic mass is 16.1. The fraction of sp³-hybridized carbons (Fsp3) is 0.462. The van der Waals surface area contributed by atoms with Gasteiger partial charge in [-0.1, -0.05) is 0 Å². The highest BCUT2D eigenvalue weighted by Crippen LogP contribution is 2.46. The second-order valence-electron chi connectivity index (χ2n) is 4.82. The van der Waals surface area contributed by atoms with Gasteiger partial charge in [-0.05, 0) is 48.9 Å². The summed E-state index contributed by atoms with van der Waals surface area (Å²) in [4.78, 5) is 13.2. The predicted molar refractivity (Wildman–Crippen MR) is 60.4 cm³/mol. The van der Waals surface area contributed by atoms with Gasteiger partial charge in [0, 0.05) is 24.3 Å². The Kier molecular flexibility index (Phi) is 1.84. The average Bonchev–Trinajstić information content (AvgIpc) is 2.86. The Labute approximate surface area is 89.9 Å². The number of benzene rings is 1. The maximum absolute atomic E-state index is 10.7. The Bertz CT molecular complexity index is 403. The number of aldehydes is 1. The van der Waals surface area contributed by atoms with Crippen LogP contribution in [-0.4, -0.2) is 19.4 Å². The number of anilines is 1. The number of carbonyl (C=O) groups excluding carboxylic acids is 1. The Morgan fingerprint density at radius 2 is 2.07 bits per heavy atom. The molecule has 3 rings (SSSR count). The molecule has 1 aromatic carbocycles. The van der Waals surface area contributed by atoms with Crippen LogP contribution in [0.1, 0.15) is 22.3 Å². The molecule has 2 unspecified atom stereocenters. The largest absolute Gasteiger partial charge is 0.371 e. The summed E-state index contributed by atoms with van der Waals surface area (Å²) < 4.78 is 0. The average molecular weight is 201 g/mol. The van der Waals surface area contributed by atoms with E-state index in [2.05, 4.69) is 17.0 Å². The van der Waals surface area contributed by atoms with E-state index in [0.717, 1.165) is 29.2 Å². The van der Waals surface area contributed by atoms with Gasteiger partial charge < -0.3 is 4.90 Å². The molecule has 0 amide bonds. The van der Waals surface area contributed by atoms with Crippen molar-refractivity contribution in [1.82, 2.24) is 0 Å². The molecule has 2 fully saturated rings. The second-order valence-corrected chi connectivity index (χ2v) is 4.82. The number of hydrogen-bond acceptors (Lipinski definition) is 2. The maximum Gasteiger partial charge on any atom is 0.150 e. The summed E-state index contributed by atoms with van der Waals surface area (Å²) >= 11 is 0. The van der Waals surface area contributed by atoms with E-state index >= 15 is 0 Å². The smallest absolute Gasteiger partial charge is 0.150 e. The molecule has 1 aliphatic carbocycles. The van der Waals surface area contributed by atoms with Crippen LogP contribution in [0.25, 0.3) is 0 Å². The van der Waals surface area contributed by atoms with Gasteiger partial charge in [0.1, 0.15) is 6.29 Å². The Morgan fingerprint density at radius 3 is 2.67 bits per heavy atom. The molecular weight excluding hydrogens is 186 g/mol. The third kappa shape index (κ3) is 1.44. The van der Waals surface area contributed by atoms with Gasteiger partial charge in [-0.25, -0.2) is 0 Å². The normalized spacial score (nSPS) is 27.7. The molecule has 1 saturated heterocycles. The number of aryl methyl sites for hydroxylation is 1. The standard InChI is InChI=1S/C13H15NO/c1-9-4-13(3-2-10(9)8-15)14-6-11-5-12(11)7-14/h2-4,8,11-12H,5-7H2,1H3. The minimum atomic E-state index is 0.808. The van der Waals surface area contributed by atoms with E-state index in [4.69, 9.17) is 0 Å². The molecule has 78 valence electrons. The zero-order valence-corrected chi connectivity index (χ0v) is 8.94. The summed E-state index contributed by atoms with van der Waals surface area (Å²) in [5, 5.41) is 0. The zero-order valence-electron chi connectivity index (χ0n) is 8.94. The maximum atomic E-state index is 10.7. The molecule has 0 N–H and O–H groups in total. The summed E-state index contributed by atoms with van der Waals surface area (Å²) in [5.41, 5.74) is 3.18. The topological polar surface area (TPSA) is 20.3 Å². The van der Waals surface area contributed by atoms with Crippen LogP contribution in [-0.2, 0) is 0 Å². The molecule has 0 aromatic heterocycles. The van der Waals surface area contributed by atoms with Crippen LogP contribution >= 0.6 is 0 Å². The van der Waals surface area contributed by atoms with E-state index < -0.39 is 0 Å². The molecular formula is C13H15NO. The molecule has 2 atom stereocenters. The minimum absolute atomic E-state index is 0.808. The van der Waals surface area contributed by atoms with Crippen LogP contribution in [0.2, 0.25) is 0 Å². The summed E-state index contributed by atoms with van der Waals surface area (Å²) in [7, 11) is 0. The van der Waals surface area contributed by atoms with E-state index in [1.807, 2.05) is 13.0 Å². The summed E-state index contributed by atoms with van der Waals surface area (Å²) in [5.74, 6) is 1.91. The number of piperidine rings is 1. The van der Waals surface area contributed by atoms with Crippen LogP contribution < -0.4 is 4.90 Å². The van der Waals surface area contributed by atoms with Gasteiger partial charge >= 0.3 is 0 Å². The van der Waals surface area contributed by atoms with Gasteiger partial charge in [0.2, 0.25) is 0 Å². The summed E-state index contributed by atoms with van der Waals surface area (Å²) in [6.45, 7) is 4.43. The first-order chi connectivity index (χ1) is 7.28. The van der Waals surface area contributed by atoms with Gasteiger partial charge in [-0.15, -0.1) is 0 Å². The zero-order chi connectivity index (χ0) is 10.4. The molecule has 15 heavy (non-hydrogen) atoms. The number of carbonyl (C=O) groups is 1. The SMILES string of the molecule is Cc1cc(N2CC3CC3C2)ccc1C=O. The third-order valence-electron chi connectivity index (χ3n) is 3.72. The van der Waals surface area contributed by atoms with Gasteiger partial charge in [-0.3, -0.25) is 4.79 Å². The van der Waals surface area contributed by atoms with E-state index in [1.165, 1.54) is 25.2 Å². The minimum Gasteiger partial charge on any atom is -0.371 e. The van der Waals surface area contributed by atoms with E-state index in [1.54, 1.807) is 0 Å². The van der Waals surface area contributed by atoms with Crippen LogP contribution in [0.15, 0.2) is 18.2 Å². The Balaban J connectivity index is 1.86. The van der Waals surface area contributed by atoms with Gasteiger partial charge in [0.25, 0.3) is 0 Å². The predicted octanol–water partition coefficient (Wildman–Crippen LogP) is 2.26. The van der Waals surface area contributed by atoms with Crippen molar-refractivity contribution in [2.24, 2.45) is 11.8 Å². The fourth-order valence-electron chi connectivity index (χ4n) is 2.60. The van der Waals surface area contributed by atoms with Gasteiger partial charge in [-0.2, -0.15) is 0 Å². The van der Waals surface area contributed by atoms with Crippen LogP contribution in [0.5, 0.6) is 0 Å². The first-order valence-corrected chi connectivity index (χ1v) is 5.58. The van der Waals surface area contributed by atoms with Crippen molar-refractivity contribution >= 4 is 12.0 Å². The monoisotopic (exact) mass is 201 g/mol. The van der Waals surface area contributed by atoms with Gasteiger partial charge in [0.05, 0.1) is 0 Å². The summed E-state index contributed by atoms with van der Waals surface area (Å²) in [6, 6.07) is 6.14. The van der Waals surface area contributed by atoms with Crippen molar-refractivity contribution < 1.29 is 4.79 Å². The lowest BCUT2D eigenvalue weighted by molar-refractivity contribution is 0.112. The second kappa shape index (κ2) is 3.09. The van der Waals surface area contributed by atoms with Crippen LogP contribution in [0, 0.1) is 18.8 Å². The first kappa shape index (κ1) is 8.96. The van der Waals surface area contributed by atoms with Crippen molar-refractivity contribution in [2.45, 2.75) is 13.3 Å². The Hall–Kier alpha value is -1.31. The molecule has 0 spiro atoms. The number of hydrogen-bond donors (Lipinski definition) is 0. The number of fused-ring (bicyclic) bond motifs is 1. The van der Waals surface area contributed by atoms with Crippen molar-refractivity contribution in [3.63, 3.8) is 0 Å². The van der Waals surface area contributed by atoms with E-state index in [-0.39, 0.29) is 0 Å². The Morgan fingerprint density at radius 1 is 1.33 bits per heavy atom. The lowest BCUT2D eigenvalue weighted by atomic mass is 10.1. The number of rotatable bonds is 2. The van der Waals surface area contributed by atoms with E-state index in [0.29, 0.717) is 0 Å². The lowest BCUT2D eigenvalue weighted by Gasteiger charge is -2.20. The lowest BCUT2D eigenvalue weighted by Crippen LogP contribution is -2.21. The fourth-order valence-corrected chi connectivity index (χ4v) is 2.60. The molecule has 0 radical (unpaired) electrons. The molecule has 2 heteroatoms. The number of nitrogens with zero attached hydrogens (tertiary/aromatic N) is 1. The molecule has 1 aliphatic heterocycles. The van der Waals surface area contributed by atoms with Crippen molar-refractivity contribution in [3.05, 3.63) is 29.3 Å². The molecule has 2 aliphatic rings. The molecule has 2 nitrogen and oxygen atoms in total. The molecule has 1 aromatic rings. The van der Waals surface area contributed by atoms with E-state index in [9.17, 15) is 4.79 Å². The van der Waals surface area contributed by atoms with Crippen molar-refractivity contribution in [2.75, 3.05) is 18.0 Å². The summed E-state index contributed by atoms with van der Waals surface area (Å²) in [6.07, 6.45) is 2.36. The quantitative estimate of drug-likeness (QED) is 0.684. The van der Waals surface area contributed by atoms with Crippen molar-refractivity contribution in [1.29, 1.82) is 0 Å². The van der Waals surface area contributed by atoms with Gasteiger partial charge in [0.15, 0.2) is 0 Å². The molecule has 1 saturated carbocycles. The molecule has 1 heterocycles. The highest BCUT2D eigenvalue weighted by molar-refractivity contribution is 5.78. The van der Waals surface area contributed by atoms with Crippen molar-refractivity contribution in [3.8, 4) is 0 Å². The van der Waals surface area contributed by atoms with Crippen LogP contribution in [0.4, 0.5) is 5.69 Å². The first-order valence-electron chi connectivity index (χ1n) is 5.58.